The van der Waals surface area contributed by atoms with Gasteiger partial charge in [0.1, 0.15) is 0 Å². The van der Waals surface area contributed by atoms with Crippen LogP contribution < -0.4 is 5.43 Å². The van der Waals surface area contributed by atoms with Crippen molar-refractivity contribution in [3.63, 3.8) is 0 Å². The summed E-state index contributed by atoms with van der Waals surface area (Å²) in [7, 11) is 0. The molecule has 0 spiro atoms. The van der Waals surface area contributed by atoms with E-state index in [1.165, 1.54) is 57.8 Å². The lowest BCUT2D eigenvalue weighted by molar-refractivity contribution is -0.134. The van der Waals surface area contributed by atoms with Crippen LogP contribution >= 0.6 is 0 Å². The normalized spacial score (nSPS) is 43.7. The van der Waals surface area contributed by atoms with Crippen LogP contribution in [0.15, 0.2) is 0 Å². The second kappa shape index (κ2) is 5.01. The molecule has 1 heterocycles. The molecule has 4 aliphatic carbocycles. The lowest BCUT2D eigenvalue weighted by Crippen LogP contribution is -2.50. The molecule has 5 fully saturated rings. The van der Waals surface area contributed by atoms with E-state index >= 15 is 0 Å². The minimum absolute atomic E-state index is 0.300. The molecule has 4 bridgehead atoms. The number of piperidine rings is 1. The smallest absolute Gasteiger partial charge is 0.234 e. The van der Waals surface area contributed by atoms with Crippen LogP contribution in [0.4, 0.5) is 0 Å². The maximum atomic E-state index is 12.4. The average Bonchev–Trinajstić information content (AvgIpc) is 2.37. The van der Waals surface area contributed by atoms with E-state index < -0.39 is 0 Å². The molecule has 112 valence electrons. The predicted molar refractivity (Wildman–Crippen MR) is 78.8 cm³/mol. The molecule has 3 nitrogen and oxygen atoms in total. The molecule has 0 aromatic heterocycles. The number of carbonyl (C=O) groups is 1. The zero-order valence-electron chi connectivity index (χ0n) is 12.6. The molecule has 3 heteroatoms. The largest absolute Gasteiger partial charge is 0.289 e. The van der Waals surface area contributed by atoms with Crippen molar-refractivity contribution in [1.29, 1.82) is 0 Å². The third-order valence-electron chi connectivity index (χ3n) is 6.34. The molecule has 0 radical (unpaired) electrons. The summed E-state index contributed by atoms with van der Waals surface area (Å²) in [6.07, 6.45) is 13.0. The molecule has 0 unspecified atom stereocenters. The maximum Gasteiger partial charge on any atom is 0.234 e. The third kappa shape index (κ3) is 2.49. The summed E-state index contributed by atoms with van der Waals surface area (Å²) in [4.78, 5) is 12.4. The molecule has 4 saturated carbocycles. The van der Waals surface area contributed by atoms with Gasteiger partial charge in [-0.15, -0.1) is 0 Å². The Morgan fingerprint density at radius 1 is 0.950 bits per heavy atom. The highest BCUT2D eigenvalue weighted by molar-refractivity contribution is 5.76. The van der Waals surface area contributed by atoms with Crippen LogP contribution in [-0.4, -0.2) is 24.0 Å². The summed E-state index contributed by atoms with van der Waals surface area (Å²) in [5.41, 5.74) is 3.57. The summed E-state index contributed by atoms with van der Waals surface area (Å²) >= 11 is 0. The number of carbonyl (C=O) groups excluding carboxylic acids is 1. The minimum atomic E-state index is 0.300. The third-order valence-corrected chi connectivity index (χ3v) is 6.34. The van der Waals surface area contributed by atoms with Gasteiger partial charge in [0.25, 0.3) is 0 Å². The van der Waals surface area contributed by atoms with Crippen LogP contribution in [0.25, 0.3) is 0 Å². The summed E-state index contributed by atoms with van der Waals surface area (Å²) in [5.74, 6) is 3.14. The van der Waals surface area contributed by atoms with Crippen molar-refractivity contribution in [3.05, 3.63) is 0 Å². The number of nitrogens with zero attached hydrogens (tertiary/aromatic N) is 1. The lowest BCUT2D eigenvalue weighted by Gasteiger charge is -2.56. The van der Waals surface area contributed by atoms with E-state index in [-0.39, 0.29) is 0 Å². The summed E-state index contributed by atoms with van der Waals surface area (Å²) in [6.45, 7) is 2.10. The van der Waals surface area contributed by atoms with Gasteiger partial charge in [-0.2, -0.15) is 0 Å². The van der Waals surface area contributed by atoms with Crippen molar-refractivity contribution in [1.82, 2.24) is 10.4 Å². The molecule has 5 rings (SSSR count). The van der Waals surface area contributed by atoms with Gasteiger partial charge in [0.2, 0.25) is 5.91 Å². The monoisotopic (exact) mass is 276 g/mol. The van der Waals surface area contributed by atoms with Crippen LogP contribution in [0.5, 0.6) is 0 Å². The highest BCUT2D eigenvalue weighted by atomic mass is 16.2. The number of amides is 1. The van der Waals surface area contributed by atoms with Crippen LogP contribution in [0.1, 0.15) is 64.2 Å². The van der Waals surface area contributed by atoms with Gasteiger partial charge in [0.15, 0.2) is 0 Å². The molecule has 1 saturated heterocycles. The van der Waals surface area contributed by atoms with Crippen LogP contribution in [-0.2, 0) is 4.79 Å². The van der Waals surface area contributed by atoms with Gasteiger partial charge in [-0.1, -0.05) is 6.42 Å². The molecule has 1 aliphatic heterocycles. The SMILES string of the molecule is O=C(CC12CC3CC(CC(C3)C1)C2)NN1CCCCC1. The van der Waals surface area contributed by atoms with Crippen molar-refractivity contribution in [3.8, 4) is 0 Å². The first kappa shape index (κ1) is 13.1. The Balaban J connectivity index is 1.37. The van der Waals surface area contributed by atoms with Gasteiger partial charge in [0, 0.05) is 19.5 Å². The predicted octanol–water partition coefficient (Wildman–Crippen LogP) is 3.11. The van der Waals surface area contributed by atoms with Crippen molar-refractivity contribution in [2.75, 3.05) is 13.1 Å². The van der Waals surface area contributed by atoms with Gasteiger partial charge in [-0.05, 0) is 74.5 Å². The zero-order chi connectivity index (χ0) is 13.6. The minimum Gasteiger partial charge on any atom is -0.289 e. The molecule has 0 aromatic rings. The Hall–Kier alpha value is -0.570. The van der Waals surface area contributed by atoms with E-state index in [9.17, 15) is 4.79 Å². The number of hydrazine groups is 1. The van der Waals surface area contributed by atoms with Gasteiger partial charge in [0.05, 0.1) is 0 Å². The highest BCUT2D eigenvalue weighted by Gasteiger charge is 2.51. The second-order valence-corrected chi connectivity index (χ2v) is 8.18. The summed E-state index contributed by atoms with van der Waals surface area (Å²) in [6, 6.07) is 0. The molecule has 1 amide bonds. The average molecular weight is 276 g/mol. The molecule has 5 aliphatic rings. The topological polar surface area (TPSA) is 32.3 Å². The second-order valence-electron chi connectivity index (χ2n) is 8.18. The van der Waals surface area contributed by atoms with Gasteiger partial charge in [-0.3, -0.25) is 10.2 Å². The number of nitrogens with one attached hydrogen (secondary N) is 1. The fourth-order valence-electron chi connectivity index (χ4n) is 6.07. The fourth-order valence-corrected chi connectivity index (χ4v) is 6.07. The van der Waals surface area contributed by atoms with E-state index in [0.717, 1.165) is 37.3 Å². The van der Waals surface area contributed by atoms with E-state index in [2.05, 4.69) is 10.4 Å². The van der Waals surface area contributed by atoms with E-state index in [1.54, 1.807) is 0 Å². The highest BCUT2D eigenvalue weighted by Crippen LogP contribution is 2.61. The quantitative estimate of drug-likeness (QED) is 0.859. The number of hydrogen-bond donors (Lipinski definition) is 1. The van der Waals surface area contributed by atoms with Crippen molar-refractivity contribution in [2.45, 2.75) is 64.2 Å². The van der Waals surface area contributed by atoms with Gasteiger partial charge >= 0.3 is 0 Å². The molecule has 0 aromatic carbocycles. The van der Waals surface area contributed by atoms with Crippen molar-refractivity contribution >= 4 is 5.91 Å². The first-order valence-electron chi connectivity index (χ1n) is 8.75. The first-order valence-corrected chi connectivity index (χ1v) is 8.75. The standard InChI is InChI=1S/C17H28N2O/c20-16(18-19-4-2-1-3-5-19)12-17-9-13-6-14(10-17)8-15(7-13)11-17/h13-15H,1-12H2,(H,18,20). The molecule has 1 N–H and O–H groups in total. The van der Waals surface area contributed by atoms with E-state index in [0.29, 0.717) is 11.3 Å². The van der Waals surface area contributed by atoms with Crippen LogP contribution in [0, 0.1) is 23.2 Å². The summed E-state index contributed by atoms with van der Waals surface area (Å²) in [5, 5.41) is 2.16. The number of hydrogen-bond acceptors (Lipinski definition) is 2. The van der Waals surface area contributed by atoms with E-state index in [4.69, 9.17) is 0 Å². The van der Waals surface area contributed by atoms with Crippen molar-refractivity contribution < 1.29 is 4.79 Å². The Labute approximate surface area is 122 Å². The Bertz CT molecular complexity index is 351. The lowest BCUT2D eigenvalue weighted by atomic mass is 9.49. The van der Waals surface area contributed by atoms with Crippen molar-refractivity contribution in [2.24, 2.45) is 23.2 Å². The van der Waals surface area contributed by atoms with Gasteiger partial charge in [-0.25, -0.2) is 5.01 Å². The first-order chi connectivity index (χ1) is 9.71. The number of rotatable bonds is 3. The molecule has 0 atom stereocenters. The Kier molecular flexibility index (Phi) is 3.29. The Morgan fingerprint density at radius 2 is 1.50 bits per heavy atom. The van der Waals surface area contributed by atoms with E-state index in [1.807, 2.05) is 0 Å². The Morgan fingerprint density at radius 3 is 2.05 bits per heavy atom. The zero-order valence-corrected chi connectivity index (χ0v) is 12.6. The summed E-state index contributed by atoms with van der Waals surface area (Å²) < 4.78 is 0. The van der Waals surface area contributed by atoms with Crippen LogP contribution in [0.2, 0.25) is 0 Å². The van der Waals surface area contributed by atoms with Gasteiger partial charge < -0.3 is 0 Å². The van der Waals surface area contributed by atoms with Crippen LogP contribution in [0.3, 0.4) is 0 Å². The molecule has 20 heavy (non-hydrogen) atoms. The fraction of sp³-hybridized carbons (Fsp3) is 0.941. The maximum absolute atomic E-state index is 12.4. The molecular formula is C17H28N2O. The molecular weight excluding hydrogens is 248 g/mol.